The zero-order valence-corrected chi connectivity index (χ0v) is 10.3. The minimum absolute atomic E-state index is 0.267. The molecule has 0 aliphatic heterocycles. The highest BCUT2D eigenvalue weighted by Crippen LogP contribution is 2.18. The number of hydrogen-bond donors (Lipinski definition) is 1. The average molecular weight is 223 g/mol. The predicted molar refractivity (Wildman–Crippen MR) is 73.7 cm³/mol. The van der Waals surface area contributed by atoms with E-state index in [2.05, 4.69) is 53.7 Å². The molecule has 2 rings (SSSR count). The van der Waals surface area contributed by atoms with E-state index in [-0.39, 0.29) is 5.54 Å². The maximum atomic E-state index is 5.47. The minimum Gasteiger partial charge on any atom is -0.297 e. The molecule has 0 aliphatic rings. The maximum absolute atomic E-state index is 5.47. The van der Waals surface area contributed by atoms with Crippen molar-refractivity contribution >= 4 is 10.8 Å². The summed E-state index contributed by atoms with van der Waals surface area (Å²) in [6.45, 7) is 4.81. The molecule has 1 nitrogen and oxygen atoms in total. The summed E-state index contributed by atoms with van der Waals surface area (Å²) in [6, 6.07) is 14.8. The van der Waals surface area contributed by atoms with E-state index in [1.54, 1.807) is 0 Å². The van der Waals surface area contributed by atoms with Gasteiger partial charge in [0.05, 0.1) is 5.54 Å². The van der Waals surface area contributed by atoms with Crippen molar-refractivity contribution in [1.82, 2.24) is 5.32 Å². The highest BCUT2D eigenvalue weighted by molar-refractivity contribution is 5.85. The SMILES string of the molecule is C#CC(C)(C)NCc1cccc2ccccc12. The van der Waals surface area contributed by atoms with Crippen LogP contribution in [0.1, 0.15) is 19.4 Å². The van der Waals surface area contributed by atoms with Crippen molar-refractivity contribution in [2.75, 3.05) is 0 Å². The lowest BCUT2D eigenvalue weighted by Gasteiger charge is -2.20. The molecule has 0 spiro atoms. The third-order valence-electron chi connectivity index (χ3n) is 2.96. The van der Waals surface area contributed by atoms with E-state index in [1.807, 2.05) is 13.8 Å². The lowest BCUT2D eigenvalue weighted by molar-refractivity contribution is 0.492. The highest BCUT2D eigenvalue weighted by atomic mass is 14.9. The van der Waals surface area contributed by atoms with E-state index in [1.165, 1.54) is 16.3 Å². The van der Waals surface area contributed by atoms with Gasteiger partial charge in [-0.1, -0.05) is 48.4 Å². The highest BCUT2D eigenvalue weighted by Gasteiger charge is 2.12. The van der Waals surface area contributed by atoms with Gasteiger partial charge in [0, 0.05) is 6.54 Å². The van der Waals surface area contributed by atoms with Crippen LogP contribution in [0.25, 0.3) is 10.8 Å². The summed E-state index contributed by atoms with van der Waals surface area (Å²) in [5.41, 5.74) is 1.02. The van der Waals surface area contributed by atoms with E-state index >= 15 is 0 Å². The molecule has 0 saturated carbocycles. The van der Waals surface area contributed by atoms with Gasteiger partial charge in [-0.25, -0.2) is 0 Å². The number of terminal acetylenes is 1. The van der Waals surface area contributed by atoms with Crippen LogP contribution in [0.2, 0.25) is 0 Å². The molecule has 0 fully saturated rings. The first-order chi connectivity index (χ1) is 8.12. The molecule has 0 aromatic heterocycles. The van der Waals surface area contributed by atoms with Crippen LogP contribution in [0.4, 0.5) is 0 Å². The van der Waals surface area contributed by atoms with E-state index in [0.29, 0.717) is 0 Å². The lowest BCUT2D eigenvalue weighted by atomic mass is 10.0. The Morgan fingerprint density at radius 3 is 2.59 bits per heavy atom. The average Bonchev–Trinajstić information content (AvgIpc) is 2.36. The summed E-state index contributed by atoms with van der Waals surface area (Å²) in [7, 11) is 0. The molecular weight excluding hydrogens is 206 g/mol. The number of benzene rings is 2. The van der Waals surface area contributed by atoms with Crippen LogP contribution in [-0.4, -0.2) is 5.54 Å². The van der Waals surface area contributed by atoms with Crippen LogP contribution >= 0.6 is 0 Å². The van der Waals surface area contributed by atoms with Crippen molar-refractivity contribution in [3.63, 3.8) is 0 Å². The lowest BCUT2D eigenvalue weighted by Crippen LogP contribution is -2.36. The van der Waals surface area contributed by atoms with Crippen LogP contribution in [0.3, 0.4) is 0 Å². The fourth-order valence-electron chi connectivity index (χ4n) is 1.81. The molecule has 86 valence electrons. The van der Waals surface area contributed by atoms with Crippen LogP contribution in [0, 0.1) is 12.3 Å². The molecular formula is C16H17N. The van der Waals surface area contributed by atoms with Gasteiger partial charge in [0.2, 0.25) is 0 Å². The molecule has 0 aliphatic carbocycles. The first-order valence-corrected chi connectivity index (χ1v) is 5.82. The third kappa shape index (κ3) is 2.67. The fraction of sp³-hybridized carbons (Fsp3) is 0.250. The molecule has 17 heavy (non-hydrogen) atoms. The second-order valence-electron chi connectivity index (χ2n) is 4.76. The van der Waals surface area contributed by atoms with Gasteiger partial charge in [-0.3, -0.25) is 5.32 Å². The van der Waals surface area contributed by atoms with Crippen molar-refractivity contribution in [2.24, 2.45) is 0 Å². The standard InChI is InChI=1S/C16H17N/c1-4-16(2,3)17-12-14-10-7-9-13-8-5-6-11-15(13)14/h1,5-11,17H,12H2,2-3H3. The molecule has 1 N–H and O–H groups in total. The first-order valence-electron chi connectivity index (χ1n) is 5.82. The van der Waals surface area contributed by atoms with Gasteiger partial charge in [0.25, 0.3) is 0 Å². The van der Waals surface area contributed by atoms with Gasteiger partial charge < -0.3 is 0 Å². The molecule has 1 heteroatoms. The molecule has 2 aromatic carbocycles. The van der Waals surface area contributed by atoms with Crippen molar-refractivity contribution in [3.8, 4) is 12.3 Å². The predicted octanol–water partition coefficient (Wildman–Crippen LogP) is 3.34. The zero-order valence-electron chi connectivity index (χ0n) is 10.3. The van der Waals surface area contributed by atoms with Gasteiger partial charge in [-0.05, 0) is 30.2 Å². The summed E-state index contributed by atoms with van der Waals surface area (Å²) < 4.78 is 0. The number of nitrogens with one attached hydrogen (secondary N) is 1. The van der Waals surface area contributed by atoms with Crippen molar-refractivity contribution in [1.29, 1.82) is 0 Å². The van der Waals surface area contributed by atoms with Gasteiger partial charge in [-0.15, -0.1) is 6.42 Å². The number of fused-ring (bicyclic) bond motifs is 1. The largest absolute Gasteiger partial charge is 0.297 e. The van der Waals surface area contributed by atoms with E-state index in [0.717, 1.165) is 6.54 Å². The topological polar surface area (TPSA) is 12.0 Å². The van der Waals surface area contributed by atoms with E-state index in [9.17, 15) is 0 Å². The Balaban J connectivity index is 2.28. The fourth-order valence-corrected chi connectivity index (χ4v) is 1.81. The van der Waals surface area contributed by atoms with E-state index in [4.69, 9.17) is 6.42 Å². The molecule has 2 aromatic rings. The molecule has 0 heterocycles. The Morgan fingerprint density at radius 2 is 1.82 bits per heavy atom. The maximum Gasteiger partial charge on any atom is 0.0743 e. The second-order valence-corrected chi connectivity index (χ2v) is 4.76. The Hall–Kier alpha value is -1.78. The van der Waals surface area contributed by atoms with Crippen molar-refractivity contribution in [2.45, 2.75) is 25.9 Å². The summed E-state index contributed by atoms with van der Waals surface area (Å²) >= 11 is 0. The van der Waals surface area contributed by atoms with Crippen LogP contribution in [-0.2, 0) is 6.54 Å². The smallest absolute Gasteiger partial charge is 0.0743 e. The van der Waals surface area contributed by atoms with Crippen LogP contribution in [0.5, 0.6) is 0 Å². The summed E-state index contributed by atoms with van der Waals surface area (Å²) in [5, 5.41) is 5.94. The van der Waals surface area contributed by atoms with E-state index < -0.39 is 0 Å². The second kappa shape index (κ2) is 4.61. The quantitative estimate of drug-likeness (QED) is 0.787. The Kier molecular flexibility index (Phi) is 3.17. The molecule has 0 radical (unpaired) electrons. The molecule has 0 bridgehead atoms. The first kappa shape index (κ1) is 11.7. The summed E-state index contributed by atoms with van der Waals surface area (Å²) in [4.78, 5) is 0. The molecule has 0 saturated heterocycles. The number of rotatable bonds is 3. The van der Waals surface area contributed by atoms with Gasteiger partial charge in [0.1, 0.15) is 0 Å². The Morgan fingerprint density at radius 1 is 1.12 bits per heavy atom. The van der Waals surface area contributed by atoms with Crippen molar-refractivity contribution < 1.29 is 0 Å². The zero-order chi connectivity index (χ0) is 12.3. The Bertz CT molecular complexity index is 556. The van der Waals surface area contributed by atoms with Gasteiger partial charge in [0.15, 0.2) is 0 Å². The van der Waals surface area contributed by atoms with Gasteiger partial charge in [-0.2, -0.15) is 0 Å². The molecule has 0 amide bonds. The minimum atomic E-state index is -0.267. The Labute approximate surface area is 103 Å². The normalized spacial score (nSPS) is 11.4. The van der Waals surface area contributed by atoms with Crippen LogP contribution < -0.4 is 5.32 Å². The molecule has 0 atom stereocenters. The molecule has 0 unspecified atom stereocenters. The monoisotopic (exact) mass is 223 g/mol. The van der Waals surface area contributed by atoms with Crippen molar-refractivity contribution in [3.05, 3.63) is 48.0 Å². The third-order valence-corrected chi connectivity index (χ3v) is 2.96. The summed E-state index contributed by atoms with van der Waals surface area (Å²) in [6.07, 6.45) is 5.47. The van der Waals surface area contributed by atoms with Gasteiger partial charge >= 0.3 is 0 Å². The van der Waals surface area contributed by atoms with Crippen LogP contribution in [0.15, 0.2) is 42.5 Å². The number of hydrogen-bond acceptors (Lipinski definition) is 1. The summed E-state index contributed by atoms with van der Waals surface area (Å²) in [5.74, 6) is 2.75.